The molecule has 10 heteroatoms. The molecule has 0 radical (unpaired) electrons. The van der Waals surface area contributed by atoms with Gasteiger partial charge in [-0.2, -0.15) is 0 Å². The van der Waals surface area contributed by atoms with Crippen molar-refractivity contribution in [1.29, 1.82) is 0 Å². The number of primary amides is 1. The predicted octanol–water partition coefficient (Wildman–Crippen LogP) is 5.19. The van der Waals surface area contributed by atoms with E-state index in [1.54, 1.807) is 11.0 Å². The Bertz CT molecular complexity index is 1480. The van der Waals surface area contributed by atoms with E-state index in [0.717, 1.165) is 18.4 Å². The minimum absolute atomic E-state index is 0.0459. The highest BCUT2D eigenvalue weighted by molar-refractivity contribution is 6.04. The number of carbonyl (C=O) groups is 3. The van der Waals surface area contributed by atoms with Gasteiger partial charge >= 0.3 is 0 Å². The van der Waals surface area contributed by atoms with Crippen molar-refractivity contribution in [3.05, 3.63) is 100 Å². The number of halogens is 1. The van der Waals surface area contributed by atoms with Crippen LogP contribution in [0.4, 0.5) is 4.39 Å². The molecule has 0 spiro atoms. The van der Waals surface area contributed by atoms with E-state index in [9.17, 15) is 23.9 Å². The highest BCUT2D eigenvalue weighted by Crippen LogP contribution is 2.21. The Balaban J connectivity index is 1.81. The van der Waals surface area contributed by atoms with Crippen molar-refractivity contribution in [3.8, 4) is 5.75 Å². The summed E-state index contributed by atoms with van der Waals surface area (Å²) < 4.78 is 20.3. The number of rotatable bonds is 18. The monoisotopic (exact) mass is 648 g/mol. The number of aliphatic hydroxyl groups is 1. The molecule has 47 heavy (non-hydrogen) atoms. The average Bonchev–Trinajstić information content (AvgIpc) is 3.04. The van der Waals surface area contributed by atoms with Gasteiger partial charge in [-0.05, 0) is 73.1 Å². The summed E-state index contributed by atoms with van der Waals surface area (Å²) in [7, 11) is 0. The Morgan fingerprint density at radius 1 is 0.830 bits per heavy atom. The quantitative estimate of drug-likeness (QED) is 0.174. The van der Waals surface area contributed by atoms with Gasteiger partial charge in [-0.15, -0.1) is 0 Å². The van der Waals surface area contributed by atoms with Crippen LogP contribution in [-0.4, -0.2) is 71.0 Å². The number of hydrogen-bond acceptors (Lipinski definition) is 6. The van der Waals surface area contributed by atoms with Crippen molar-refractivity contribution < 1.29 is 28.6 Å². The zero-order valence-corrected chi connectivity index (χ0v) is 28.0. The summed E-state index contributed by atoms with van der Waals surface area (Å²) in [4.78, 5) is 42.8. The molecular formula is C37H49FN4O5. The SMILES string of the molecule is CCCN(CCC)C(=O)c1cc(C(N)=O)cc(C(=O)N(CCC(C)C)C[C@@H](O)[C@@H](N)Cc2cc(F)cc(OCc3ccccc3)c2)c1. The lowest BCUT2D eigenvalue weighted by Crippen LogP contribution is -2.47. The van der Waals surface area contributed by atoms with Crippen LogP contribution in [0.2, 0.25) is 0 Å². The van der Waals surface area contributed by atoms with Gasteiger partial charge in [0.15, 0.2) is 0 Å². The van der Waals surface area contributed by atoms with Gasteiger partial charge in [-0.1, -0.05) is 58.0 Å². The maximum Gasteiger partial charge on any atom is 0.253 e. The van der Waals surface area contributed by atoms with Gasteiger partial charge in [-0.25, -0.2) is 4.39 Å². The number of nitrogens with zero attached hydrogens (tertiary/aromatic N) is 2. The third-order valence-electron chi connectivity index (χ3n) is 7.80. The Labute approximate surface area is 277 Å². The fraction of sp³-hybridized carbons (Fsp3) is 0.432. The molecule has 0 saturated heterocycles. The smallest absolute Gasteiger partial charge is 0.253 e. The van der Waals surface area contributed by atoms with Gasteiger partial charge in [0.05, 0.1) is 6.10 Å². The van der Waals surface area contributed by atoms with Crippen molar-refractivity contribution in [2.45, 2.75) is 72.1 Å². The summed E-state index contributed by atoms with van der Waals surface area (Å²) in [5.74, 6) is -1.40. The van der Waals surface area contributed by atoms with Gasteiger partial charge < -0.3 is 31.1 Å². The summed E-state index contributed by atoms with van der Waals surface area (Å²) in [6.45, 7) is 9.52. The molecule has 0 bridgehead atoms. The first-order valence-electron chi connectivity index (χ1n) is 16.3. The molecule has 0 aliphatic heterocycles. The molecule has 5 N–H and O–H groups in total. The van der Waals surface area contributed by atoms with Crippen LogP contribution in [0.25, 0.3) is 0 Å². The van der Waals surface area contributed by atoms with Gasteiger partial charge in [0.2, 0.25) is 5.91 Å². The summed E-state index contributed by atoms with van der Waals surface area (Å²) in [6, 6.07) is 17.3. The lowest BCUT2D eigenvalue weighted by molar-refractivity contribution is 0.0563. The topological polar surface area (TPSA) is 139 Å². The van der Waals surface area contributed by atoms with E-state index in [1.807, 2.05) is 58.0 Å². The van der Waals surface area contributed by atoms with Crippen molar-refractivity contribution in [1.82, 2.24) is 9.80 Å². The lowest BCUT2D eigenvalue weighted by atomic mass is 9.99. The second-order valence-electron chi connectivity index (χ2n) is 12.4. The summed E-state index contributed by atoms with van der Waals surface area (Å²) >= 11 is 0. The lowest BCUT2D eigenvalue weighted by Gasteiger charge is -2.29. The Kier molecular flexibility index (Phi) is 14.4. The number of carbonyl (C=O) groups excluding carboxylic acids is 3. The number of benzene rings is 3. The molecule has 3 rings (SSSR count). The Morgan fingerprint density at radius 2 is 1.43 bits per heavy atom. The molecule has 0 fully saturated rings. The molecule has 3 amide bonds. The zero-order chi connectivity index (χ0) is 34.5. The van der Waals surface area contributed by atoms with Crippen LogP contribution in [-0.2, 0) is 13.0 Å². The third-order valence-corrected chi connectivity index (χ3v) is 7.80. The standard InChI is InChI=1S/C37H49FN4O5/c1-5-13-41(14-6-2)36(45)29-19-28(35(40)44)20-30(21-29)37(46)42(15-12-25(3)4)23-34(43)33(39)18-27-16-31(38)22-32(17-27)47-24-26-10-8-7-9-11-26/h7-11,16-17,19-22,25,33-34,43H,5-6,12-15,18,23-24,39H2,1-4H3,(H2,40,44)/t33-,34+/m0/s1. The number of nitrogens with two attached hydrogens (primary N) is 2. The Hall–Kier alpha value is -4.28. The van der Waals surface area contributed by atoms with Crippen LogP contribution in [0.5, 0.6) is 5.75 Å². The van der Waals surface area contributed by atoms with E-state index in [1.165, 1.54) is 35.2 Å². The maximum absolute atomic E-state index is 14.5. The first-order valence-corrected chi connectivity index (χ1v) is 16.3. The first kappa shape index (κ1) is 37.2. The maximum atomic E-state index is 14.5. The fourth-order valence-corrected chi connectivity index (χ4v) is 5.26. The van der Waals surface area contributed by atoms with Crippen LogP contribution in [0, 0.1) is 11.7 Å². The van der Waals surface area contributed by atoms with E-state index in [2.05, 4.69) is 0 Å². The van der Waals surface area contributed by atoms with Crippen LogP contribution in [0.1, 0.15) is 89.2 Å². The molecular weight excluding hydrogens is 599 g/mol. The molecule has 0 aliphatic rings. The number of amides is 3. The van der Waals surface area contributed by atoms with Crippen LogP contribution in [0.15, 0.2) is 66.7 Å². The second kappa shape index (κ2) is 18.2. The summed E-state index contributed by atoms with van der Waals surface area (Å²) in [5, 5.41) is 11.2. The van der Waals surface area contributed by atoms with Crippen molar-refractivity contribution in [3.63, 3.8) is 0 Å². The van der Waals surface area contributed by atoms with E-state index in [4.69, 9.17) is 16.2 Å². The fourth-order valence-electron chi connectivity index (χ4n) is 5.26. The van der Waals surface area contributed by atoms with Crippen LogP contribution >= 0.6 is 0 Å². The van der Waals surface area contributed by atoms with Crippen molar-refractivity contribution >= 4 is 17.7 Å². The second-order valence-corrected chi connectivity index (χ2v) is 12.4. The average molecular weight is 649 g/mol. The first-order chi connectivity index (χ1) is 22.4. The summed E-state index contributed by atoms with van der Waals surface area (Å²) in [6.07, 6.45) is 1.13. The number of ether oxygens (including phenoxy) is 1. The zero-order valence-electron chi connectivity index (χ0n) is 28.0. The molecule has 3 aromatic carbocycles. The molecule has 2 atom stereocenters. The van der Waals surface area contributed by atoms with Gasteiger partial charge in [0.25, 0.3) is 11.8 Å². The number of aliphatic hydroxyl groups excluding tert-OH is 1. The largest absolute Gasteiger partial charge is 0.489 e. The molecule has 9 nitrogen and oxygen atoms in total. The molecule has 0 aliphatic carbocycles. The Morgan fingerprint density at radius 3 is 2.00 bits per heavy atom. The molecule has 254 valence electrons. The van der Waals surface area contributed by atoms with E-state index in [-0.39, 0.29) is 48.1 Å². The minimum atomic E-state index is -1.16. The molecule has 0 saturated carbocycles. The predicted molar refractivity (Wildman–Crippen MR) is 182 cm³/mol. The van der Waals surface area contributed by atoms with Gasteiger partial charge in [0, 0.05) is 55.0 Å². The van der Waals surface area contributed by atoms with Gasteiger partial charge in [0.1, 0.15) is 18.2 Å². The van der Waals surface area contributed by atoms with Crippen LogP contribution < -0.4 is 16.2 Å². The van der Waals surface area contributed by atoms with Crippen molar-refractivity contribution in [2.75, 3.05) is 26.2 Å². The molecule has 0 unspecified atom stereocenters. The normalized spacial score (nSPS) is 12.4. The highest BCUT2D eigenvalue weighted by Gasteiger charge is 2.26. The van der Waals surface area contributed by atoms with Gasteiger partial charge in [-0.3, -0.25) is 14.4 Å². The summed E-state index contributed by atoms with van der Waals surface area (Å²) in [5.41, 5.74) is 13.9. The van der Waals surface area contributed by atoms with Crippen LogP contribution in [0.3, 0.4) is 0 Å². The van der Waals surface area contributed by atoms with Crippen molar-refractivity contribution in [2.24, 2.45) is 17.4 Å². The molecule has 3 aromatic rings. The number of hydrogen-bond donors (Lipinski definition) is 3. The van der Waals surface area contributed by atoms with E-state index in [0.29, 0.717) is 37.4 Å². The highest BCUT2D eigenvalue weighted by atomic mass is 19.1. The van der Waals surface area contributed by atoms with E-state index >= 15 is 0 Å². The molecule has 0 heterocycles. The minimum Gasteiger partial charge on any atom is -0.489 e. The van der Waals surface area contributed by atoms with E-state index < -0.39 is 29.8 Å². The molecule has 0 aromatic heterocycles. The third kappa shape index (κ3) is 11.5.